The molecule has 6 heteroatoms. The van der Waals surface area contributed by atoms with Crippen LogP contribution in [0.2, 0.25) is 0 Å². The molecule has 1 aromatic heterocycles. The summed E-state index contributed by atoms with van der Waals surface area (Å²) >= 11 is 0. The van der Waals surface area contributed by atoms with Crippen molar-refractivity contribution in [3.05, 3.63) is 54.9 Å². The lowest BCUT2D eigenvalue weighted by Gasteiger charge is -2.32. The molecule has 0 aliphatic carbocycles. The molecule has 2 aromatic carbocycles. The van der Waals surface area contributed by atoms with Crippen LogP contribution >= 0.6 is 0 Å². The second-order valence-electron chi connectivity index (χ2n) is 7.15. The topological polar surface area (TPSA) is 56.6 Å². The van der Waals surface area contributed by atoms with Crippen LogP contribution in [0, 0.1) is 5.92 Å². The SMILES string of the molecule is COc1ccccc1OCC(=O)N1CCC(Cn2cnc3ccccc32)CC1. The van der Waals surface area contributed by atoms with Crippen LogP contribution in [-0.2, 0) is 11.3 Å². The molecule has 1 saturated heterocycles. The fourth-order valence-electron chi connectivity index (χ4n) is 3.77. The van der Waals surface area contributed by atoms with E-state index >= 15 is 0 Å². The Balaban J connectivity index is 1.28. The van der Waals surface area contributed by atoms with Gasteiger partial charge in [-0.1, -0.05) is 24.3 Å². The third-order valence-corrected chi connectivity index (χ3v) is 5.37. The largest absolute Gasteiger partial charge is 0.493 e. The Bertz CT molecular complexity index is 945. The molecule has 3 aromatic rings. The van der Waals surface area contributed by atoms with E-state index in [2.05, 4.69) is 15.6 Å². The zero-order chi connectivity index (χ0) is 19.3. The molecule has 0 unspecified atom stereocenters. The van der Waals surface area contributed by atoms with Gasteiger partial charge in [-0.15, -0.1) is 0 Å². The summed E-state index contributed by atoms with van der Waals surface area (Å²) in [7, 11) is 1.60. The van der Waals surface area contributed by atoms with Gasteiger partial charge >= 0.3 is 0 Å². The van der Waals surface area contributed by atoms with Crippen LogP contribution in [0.25, 0.3) is 11.0 Å². The number of aromatic nitrogens is 2. The highest BCUT2D eigenvalue weighted by molar-refractivity contribution is 5.78. The fourth-order valence-corrected chi connectivity index (χ4v) is 3.77. The number of benzene rings is 2. The Morgan fingerprint density at radius 3 is 2.57 bits per heavy atom. The van der Waals surface area contributed by atoms with E-state index in [9.17, 15) is 4.79 Å². The van der Waals surface area contributed by atoms with Gasteiger partial charge in [0, 0.05) is 19.6 Å². The first-order valence-corrected chi connectivity index (χ1v) is 9.68. The molecule has 0 radical (unpaired) electrons. The second kappa shape index (κ2) is 8.33. The lowest BCUT2D eigenvalue weighted by molar-refractivity contribution is -0.134. The molecule has 4 rings (SSSR count). The molecule has 1 aliphatic heterocycles. The number of nitrogens with zero attached hydrogens (tertiary/aromatic N) is 3. The number of piperidine rings is 1. The van der Waals surface area contributed by atoms with E-state index in [1.165, 1.54) is 5.52 Å². The van der Waals surface area contributed by atoms with Crippen LogP contribution in [0.15, 0.2) is 54.9 Å². The van der Waals surface area contributed by atoms with Crippen LogP contribution in [0.5, 0.6) is 11.5 Å². The monoisotopic (exact) mass is 379 g/mol. The number of para-hydroxylation sites is 4. The first-order chi connectivity index (χ1) is 13.7. The molecule has 0 N–H and O–H groups in total. The van der Waals surface area contributed by atoms with Gasteiger partial charge < -0.3 is 18.9 Å². The van der Waals surface area contributed by atoms with Crippen LogP contribution in [0.4, 0.5) is 0 Å². The molecule has 1 aliphatic rings. The van der Waals surface area contributed by atoms with Crippen molar-refractivity contribution in [2.75, 3.05) is 26.8 Å². The predicted octanol–water partition coefficient (Wildman–Crippen LogP) is 3.36. The zero-order valence-electron chi connectivity index (χ0n) is 16.1. The summed E-state index contributed by atoms with van der Waals surface area (Å²) in [4.78, 5) is 18.9. The van der Waals surface area contributed by atoms with Crippen LogP contribution < -0.4 is 9.47 Å². The number of amides is 1. The first-order valence-electron chi connectivity index (χ1n) is 9.68. The summed E-state index contributed by atoms with van der Waals surface area (Å²) in [6.45, 7) is 2.52. The third kappa shape index (κ3) is 3.96. The van der Waals surface area contributed by atoms with Gasteiger partial charge in [-0.05, 0) is 43.0 Å². The van der Waals surface area contributed by atoms with Gasteiger partial charge in [-0.25, -0.2) is 4.98 Å². The van der Waals surface area contributed by atoms with Gasteiger partial charge in [0.1, 0.15) is 0 Å². The minimum Gasteiger partial charge on any atom is -0.493 e. The van der Waals surface area contributed by atoms with Crippen molar-refractivity contribution in [2.24, 2.45) is 5.92 Å². The number of likely N-dealkylation sites (tertiary alicyclic amines) is 1. The van der Waals surface area contributed by atoms with Crippen molar-refractivity contribution in [1.82, 2.24) is 14.5 Å². The molecule has 2 heterocycles. The summed E-state index contributed by atoms with van der Waals surface area (Å²) in [6, 6.07) is 15.6. The van der Waals surface area contributed by atoms with Crippen molar-refractivity contribution >= 4 is 16.9 Å². The number of carbonyl (C=O) groups is 1. The molecule has 6 nitrogen and oxygen atoms in total. The van der Waals surface area contributed by atoms with Crippen molar-refractivity contribution in [2.45, 2.75) is 19.4 Å². The lowest BCUT2D eigenvalue weighted by Crippen LogP contribution is -2.41. The Hall–Kier alpha value is -3.02. The maximum Gasteiger partial charge on any atom is 0.260 e. The molecule has 0 atom stereocenters. The number of fused-ring (bicyclic) bond motifs is 1. The van der Waals surface area contributed by atoms with E-state index in [0.29, 0.717) is 17.4 Å². The second-order valence-corrected chi connectivity index (χ2v) is 7.15. The van der Waals surface area contributed by atoms with E-state index in [4.69, 9.17) is 9.47 Å². The highest BCUT2D eigenvalue weighted by Crippen LogP contribution is 2.26. The van der Waals surface area contributed by atoms with Crippen molar-refractivity contribution < 1.29 is 14.3 Å². The fraction of sp³-hybridized carbons (Fsp3) is 0.364. The van der Waals surface area contributed by atoms with Gasteiger partial charge in [0.05, 0.1) is 24.5 Å². The van der Waals surface area contributed by atoms with Gasteiger partial charge in [0.25, 0.3) is 5.91 Å². The van der Waals surface area contributed by atoms with E-state index in [0.717, 1.165) is 38.0 Å². The molecule has 0 spiro atoms. The first kappa shape index (κ1) is 18.3. The number of carbonyl (C=O) groups excluding carboxylic acids is 1. The third-order valence-electron chi connectivity index (χ3n) is 5.37. The molecule has 1 fully saturated rings. The Labute approximate surface area is 164 Å². The molecule has 1 amide bonds. The average Bonchev–Trinajstić information content (AvgIpc) is 3.15. The Kier molecular flexibility index (Phi) is 5.46. The smallest absolute Gasteiger partial charge is 0.260 e. The van der Waals surface area contributed by atoms with Crippen molar-refractivity contribution in [3.8, 4) is 11.5 Å². The Morgan fingerprint density at radius 1 is 1.07 bits per heavy atom. The van der Waals surface area contributed by atoms with E-state index in [1.54, 1.807) is 7.11 Å². The predicted molar refractivity (Wildman–Crippen MR) is 108 cm³/mol. The zero-order valence-corrected chi connectivity index (χ0v) is 16.1. The van der Waals surface area contributed by atoms with Crippen LogP contribution in [-0.4, -0.2) is 47.2 Å². The Morgan fingerprint density at radius 2 is 1.79 bits per heavy atom. The molecule has 28 heavy (non-hydrogen) atoms. The van der Waals surface area contributed by atoms with Crippen molar-refractivity contribution in [1.29, 1.82) is 0 Å². The lowest BCUT2D eigenvalue weighted by atomic mass is 9.96. The maximum absolute atomic E-state index is 12.5. The number of rotatable bonds is 6. The summed E-state index contributed by atoms with van der Waals surface area (Å²) in [5.41, 5.74) is 2.20. The molecular formula is C22H25N3O3. The molecule has 0 saturated carbocycles. The van der Waals surface area contributed by atoms with E-state index in [1.807, 2.05) is 53.7 Å². The summed E-state index contributed by atoms with van der Waals surface area (Å²) in [5, 5.41) is 0. The number of methoxy groups -OCH3 is 1. The number of imidazole rings is 1. The number of ether oxygens (including phenoxy) is 2. The number of hydrogen-bond acceptors (Lipinski definition) is 4. The van der Waals surface area contributed by atoms with E-state index in [-0.39, 0.29) is 12.5 Å². The highest BCUT2D eigenvalue weighted by atomic mass is 16.5. The maximum atomic E-state index is 12.5. The van der Waals surface area contributed by atoms with Gasteiger partial charge in [0.2, 0.25) is 0 Å². The van der Waals surface area contributed by atoms with Gasteiger partial charge in [-0.3, -0.25) is 4.79 Å². The molecule has 146 valence electrons. The van der Waals surface area contributed by atoms with Gasteiger partial charge in [-0.2, -0.15) is 0 Å². The highest BCUT2D eigenvalue weighted by Gasteiger charge is 2.24. The minimum atomic E-state index is 0.0254. The van der Waals surface area contributed by atoms with Crippen LogP contribution in [0.3, 0.4) is 0 Å². The van der Waals surface area contributed by atoms with Crippen molar-refractivity contribution in [3.63, 3.8) is 0 Å². The van der Waals surface area contributed by atoms with E-state index < -0.39 is 0 Å². The van der Waals surface area contributed by atoms with Crippen LogP contribution in [0.1, 0.15) is 12.8 Å². The standard InChI is InChI=1S/C22H25N3O3/c1-27-20-8-4-5-9-21(20)28-15-22(26)24-12-10-17(11-13-24)14-25-16-23-18-6-2-3-7-19(18)25/h2-9,16-17H,10-15H2,1H3. The van der Waals surface area contributed by atoms with Gasteiger partial charge in [0.15, 0.2) is 18.1 Å². The minimum absolute atomic E-state index is 0.0254. The normalized spacial score (nSPS) is 15.0. The summed E-state index contributed by atoms with van der Waals surface area (Å²) < 4.78 is 13.2. The summed E-state index contributed by atoms with van der Waals surface area (Å²) in [6.07, 6.45) is 3.91. The summed E-state index contributed by atoms with van der Waals surface area (Å²) in [5.74, 6) is 1.82. The molecule has 0 bridgehead atoms. The number of hydrogen-bond donors (Lipinski definition) is 0. The average molecular weight is 379 g/mol. The quantitative estimate of drug-likeness (QED) is 0.659. The molecular weight excluding hydrogens is 354 g/mol.